The van der Waals surface area contributed by atoms with Crippen LogP contribution in [0.2, 0.25) is 0 Å². The van der Waals surface area contributed by atoms with Crippen LogP contribution in [0, 0.1) is 0 Å². The molecule has 1 aromatic heterocycles. The molecule has 1 unspecified atom stereocenters. The predicted octanol–water partition coefficient (Wildman–Crippen LogP) is 1.73. The summed E-state index contributed by atoms with van der Waals surface area (Å²) in [5.41, 5.74) is 2.79. The standard InChI is InChI=1S/C14H22N2O/c1-3-11(2)15-9-10-16-13-6-4-5-12(13)7-8-14(16)17/h7-8,11,15H,3-6,9-10H2,1-2H3. The van der Waals surface area contributed by atoms with Crippen molar-refractivity contribution in [3.63, 3.8) is 0 Å². The molecule has 0 spiro atoms. The molecular weight excluding hydrogens is 212 g/mol. The van der Waals surface area contributed by atoms with Crippen molar-refractivity contribution < 1.29 is 0 Å². The van der Waals surface area contributed by atoms with Crippen LogP contribution in [0.3, 0.4) is 0 Å². The highest BCUT2D eigenvalue weighted by Crippen LogP contribution is 2.19. The third kappa shape index (κ3) is 2.78. The minimum absolute atomic E-state index is 0.150. The first-order chi connectivity index (χ1) is 8.22. The maximum atomic E-state index is 11.9. The Balaban J connectivity index is 2.06. The highest BCUT2D eigenvalue weighted by atomic mass is 16.1. The first-order valence-electron chi connectivity index (χ1n) is 6.67. The van der Waals surface area contributed by atoms with E-state index in [2.05, 4.69) is 19.2 Å². The number of fused-ring (bicyclic) bond motifs is 1. The maximum absolute atomic E-state index is 11.9. The lowest BCUT2D eigenvalue weighted by Gasteiger charge is -2.15. The fourth-order valence-corrected chi connectivity index (χ4v) is 2.45. The molecular formula is C14H22N2O. The van der Waals surface area contributed by atoms with E-state index >= 15 is 0 Å². The van der Waals surface area contributed by atoms with Gasteiger partial charge in [0, 0.05) is 30.9 Å². The second-order valence-corrected chi connectivity index (χ2v) is 4.91. The van der Waals surface area contributed by atoms with Gasteiger partial charge >= 0.3 is 0 Å². The van der Waals surface area contributed by atoms with E-state index in [9.17, 15) is 4.79 Å². The van der Waals surface area contributed by atoms with Gasteiger partial charge < -0.3 is 9.88 Å². The smallest absolute Gasteiger partial charge is 0.250 e. The molecule has 1 aromatic rings. The van der Waals surface area contributed by atoms with Gasteiger partial charge in [-0.05, 0) is 38.2 Å². The summed E-state index contributed by atoms with van der Waals surface area (Å²) in [6, 6.07) is 4.25. The molecule has 0 radical (unpaired) electrons. The Morgan fingerprint density at radius 1 is 1.41 bits per heavy atom. The lowest BCUT2D eigenvalue weighted by Crippen LogP contribution is -2.32. The predicted molar refractivity (Wildman–Crippen MR) is 70.5 cm³/mol. The SMILES string of the molecule is CCC(C)NCCn1c2c(ccc1=O)CCC2. The van der Waals surface area contributed by atoms with Crippen LogP contribution in [-0.2, 0) is 19.4 Å². The zero-order valence-electron chi connectivity index (χ0n) is 10.8. The van der Waals surface area contributed by atoms with Crippen molar-refractivity contribution in [1.82, 2.24) is 9.88 Å². The van der Waals surface area contributed by atoms with Gasteiger partial charge in [-0.2, -0.15) is 0 Å². The Hall–Kier alpha value is -1.09. The minimum atomic E-state index is 0.150. The molecule has 1 aliphatic rings. The Morgan fingerprint density at radius 2 is 2.24 bits per heavy atom. The number of nitrogens with zero attached hydrogens (tertiary/aromatic N) is 1. The molecule has 0 saturated carbocycles. The first kappa shape index (κ1) is 12.4. The third-order valence-corrected chi connectivity index (χ3v) is 3.69. The third-order valence-electron chi connectivity index (χ3n) is 3.69. The number of pyridine rings is 1. The summed E-state index contributed by atoms with van der Waals surface area (Å²) in [6.45, 7) is 6.03. The van der Waals surface area contributed by atoms with Crippen LogP contribution < -0.4 is 10.9 Å². The molecule has 1 atom stereocenters. The molecule has 3 heteroatoms. The molecule has 94 valence electrons. The van der Waals surface area contributed by atoms with Crippen LogP contribution in [0.25, 0.3) is 0 Å². The second kappa shape index (κ2) is 5.50. The van der Waals surface area contributed by atoms with Crippen molar-refractivity contribution in [2.75, 3.05) is 6.54 Å². The molecule has 0 fully saturated rings. The minimum Gasteiger partial charge on any atom is -0.312 e. The van der Waals surface area contributed by atoms with Crippen LogP contribution in [0.5, 0.6) is 0 Å². The highest BCUT2D eigenvalue weighted by molar-refractivity contribution is 5.25. The van der Waals surface area contributed by atoms with E-state index < -0.39 is 0 Å². The van der Waals surface area contributed by atoms with Crippen molar-refractivity contribution in [2.45, 2.75) is 52.1 Å². The van der Waals surface area contributed by atoms with Gasteiger partial charge in [-0.25, -0.2) is 0 Å². The monoisotopic (exact) mass is 234 g/mol. The number of hydrogen-bond donors (Lipinski definition) is 1. The second-order valence-electron chi connectivity index (χ2n) is 4.91. The van der Waals surface area contributed by atoms with Crippen molar-refractivity contribution >= 4 is 0 Å². The lowest BCUT2D eigenvalue weighted by molar-refractivity contribution is 0.494. The van der Waals surface area contributed by atoms with Crippen molar-refractivity contribution in [2.24, 2.45) is 0 Å². The van der Waals surface area contributed by atoms with E-state index in [1.165, 1.54) is 17.7 Å². The van der Waals surface area contributed by atoms with Gasteiger partial charge in [0.05, 0.1) is 0 Å². The topological polar surface area (TPSA) is 34.0 Å². The normalized spacial score (nSPS) is 15.9. The highest BCUT2D eigenvalue weighted by Gasteiger charge is 2.15. The van der Waals surface area contributed by atoms with Crippen LogP contribution in [0.4, 0.5) is 0 Å². The lowest BCUT2D eigenvalue weighted by atomic mass is 10.2. The van der Waals surface area contributed by atoms with E-state index in [1.54, 1.807) is 6.07 Å². The first-order valence-corrected chi connectivity index (χ1v) is 6.67. The van der Waals surface area contributed by atoms with Crippen molar-refractivity contribution in [3.05, 3.63) is 33.7 Å². The largest absolute Gasteiger partial charge is 0.312 e. The Bertz CT molecular complexity index is 436. The zero-order chi connectivity index (χ0) is 12.3. The summed E-state index contributed by atoms with van der Waals surface area (Å²) in [6.07, 6.45) is 4.52. The van der Waals surface area contributed by atoms with Gasteiger partial charge in [0.15, 0.2) is 0 Å². The van der Waals surface area contributed by atoms with Crippen LogP contribution in [-0.4, -0.2) is 17.2 Å². The van der Waals surface area contributed by atoms with E-state index in [0.717, 1.165) is 32.4 Å². The average Bonchev–Trinajstić information content (AvgIpc) is 2.80. The van der Waals surface area contributed by atoms with E-state index in [-0.39, 0.29) is 5.56 Å². The number of rotatable bonds is 5. The Labute approximate surface area is 103 Å². The Morgan fingerprint density at radius 3 is 3.00 bits per heavy atom. The van der Waals surface area contributed by atoms with Gasteiger partial charge in [0.1, 0.15) is 0 Å². The van der Waals surface area contributed by atoms with Gasteiger partial charge in [0.25, 0.3) is 5.56 Å². The fraction of sp³-hybridized carbons (Fsp3) is 0.643. The summed E-state index contributed by atoms with van der Waals surface area (Å²) in [4.78, 5) is 11.9. The number of aromatic nitrogens is 1. The summed E-state index contributed by atoms with van der Waals surface area (Å²) < 4.78 is 1.96. The Kier molecular flexibility index (Phi) is 4.00. The van der Waals surface area contributed by atoms with Gasteiger partial charge in [-0.15, -0.1) is 0 Å². The number of hydrogen-bond acceptors (Lipinski definition) is 2. The molecule has 0 amide bonds. The zero-order valence-corrected chi connectivity index (χ0v) is 10.8. The maximum Gasteiger partial charge on any atom is 0.250 e. The molecule has 1 aliphatic carbocycles. The molecule has 3 nitrogen and oxygen atoms in total. The molecule has 0 aliphatic heterocycles. The van der Waals surface area contributed by atoms with Gasteiger partial charge in [-0.1, -0.05) is 13.0 Å². The fourth-order valence-electron chi connectivity index (χ4n) is 2.45. The van der Waals surface area contributed by atoms with Gasteiger partial charge in [-0.3, -0.25) is 4.79 Å². The molecule has 2 rings (SSSR count). The van der Waals surface area contributed by atoms with Crippen molar-refractivity contribution in [1.29, 1.82) is 0 Å². The van der Waals surface area contributed by atoms with Crippen LogP contribution >= 0.6 is 0 Å². The number of aryl methyl sites for hydroxylation is 1. The summed E-state index contributed by atoms with van der Waals surface area (Å²) in [5.74, 6) is 0. The molecule has 1 heterocycles. The summed E-state index contributed by atoms with van der Waals surface area (Å²) in [5, 5.41) is 3.44. The van der Waals surface area contributed by atoms with E-state index in [0.29, 0.717) is 6.04 Å². The molecule has 0 aromatic carbocycles. The van der Waals surface area contributed by atoms with Crippen LogP contribution in [0.1, 0.15) is 37.9 Å². The summed E-state index contributed by atoms with van der Waals surface area (Å²) >= 11 is 0. The van der Waals surface area contributed by atoms with Crippen molar-refractivity contribution in [3.8, 4) is 0 Å². The van der Waals surface area contributed by atoms with E-state index in [4.69, 9.17) is 0 Å². The van der Waals surface area contributed by atoms with Crippen LogP contribution in [0.15, 0.2) is 16.9 Å². The molecule has 17 heavy (non-hydrogen) atoms. The molecule has 1 N–H and O–H groups in total. The van der Waals surface area contributed by atoms with Gasteiger partial charge in [0.2, 0.25) is 0 Å². The average molecular weight is 234 g/mol. The molecule has 0 bridgehead atoms. The summed E-state index contributed by atoms with van der Waals surface area (Å²) in [7, 11) is 0. The van der Waals surface area contributed by atoms with E-state index in [1.807, 2.05) is 10.6 Å². The molecule has 0 saturated heterocycles. The number of nitrogens with one attached hydrogen (secondary N) is 1. The quantitative estimate of drug-likeness (QED) is 0.842.